The second-order valence-corrected chi connectivity index (χ2v) is 6.80. The summed E-state index contributed by atoms with van der Waals surface area (Å²) in [6.45, 7) is 6.98. The van der Waals surface area contributed by atoms with Crippen LogP contribution in [0.1, 0.15) is 37.0 Å². The summed E-state index contributed by atoms with van der Waals surface area (Å²) in [6, 6.07) is 6.00. The summed E-state index contributed by atoms with van der Waals surface area (Å²) in [5, 5.41) is 3.72. The van der Waals surface area contributed by atoms with Gasteiger partial charge in [-0.1, -0.05) is 0 Å². The van der Waals surface area contributed by atoms with Gasteiger partial charge in [0.15, 0.2) is 0 Å². The molecule has 1 aromatic carbocycles. The van der Waals surface area contributed by atoms with Crippen molar-refractivity contribution in [2.24, 2.45) is 0 Å². The molecule has 2 N–H and O–H groups in total. The summed E-state index contributed by atoms with van der Waals surface area (Å²) in [4.78, 5) is 37.4. The smallest absolute Gasteiger partial charge is 0.343 e. The van der Waals surface area contributed by atoms with E-state index in [9.17, 15) is 9.59 Å². The van der Waals surface area contributed by atoms with E-state index in [2.05, 4.69) is 25.7 Å². The fourth-order valence-corrected chi connectivity index (χ4v) is 2.19. The Labute approximate surface area is 163 Å². The zero-order chi connectivity index (χ0) is 20.9. The molecular formula is C18H24N6O4. The fourth-order valence-electron chi connectivity index (χ4n) is 2.19. The summed E-state index contributed by atoms with van der Waals surface area (Å²) in [7, 11) is 2.95. The highest BCUT2D eigenvalue weighted by Gasteiger charge is 2.29. The first-order valence-electron chi connectivity index (χ1n) is 8.47. The van der Waals surface area contributed by atoms with Gasteiger partial charge in [-0.05, 0) is 52.0 Å². The zero-order valence-electron chi connectivity index (χ0n) is 16.7. The van der Waals surface area contributed by atoms with E-state index in [1.165, 1.54) is 12.1 Å². The van der Waals surface area contributed by atoms with Crippen molar-refractivity contribution in [2.45, 2.75) is 33.2 Å². The summed E-state index contributed by atoms with van der Waals surface area (Å²) in [6.07, 6.45) is 0. The number of nitrogens with zero attached hydrogens (tertiary/aromatic N) is 4. The molecule has 0 unspecified atom stereocenters. The van der Waals surface area contributed by atoms with Crippen LogP contribution in [0, 0.1) is 6.92 Å². The van der Waals surface area contributed by atoms with Crippen LogP contribution in [0.3, 0.4) is 0 Å². The quantitative estimate of drug-likeness (QED) is 0.771. The van der Waals surface area contributed by atoms with Crippen LogP contribution in [-0.2, 0) is 0 Å². The molecule has 0 radical (unpaired) electrons. The van der Waals surface area contributed by atoms with E-state index in [4.69, 9.17) is 9.47 Å². The van der Waals surface area contributed by atoms with Crippen molar-refractivity contribution < 1.29 is 19.1 Å². The maximum Gasteiger partial charge on any atom is 0.343 e. The Balaban J connectivity index is 2.19. The molecule has 150 valence electrons. The average molecular weight is 388 g/mol. The third-order valence-electron chi connectivity index (χ3n) is 3.57. The first kappa shape index (κ1) is 20.9. The van der Waals surface area contributed by atoms with Gasteiger partial charge < -0.3 is 9.47 Å². The molecule has 0 spiro atoms. The lowest BCUT2D eigenvalue weighted by molar-refractivity contribution is 0.0686. The minimum atomic E-state index is -0.724. The second-order valence-electron chi connectivity index (χ2n) is 6.80. The number of methoxy groups -OCH3 is 2. The van der Waals surface area contributed by atoms with Crippen molar-refractivity contribution in [1.29, 1.82) is 0 Å². The van der Waals surface area contributed by atoms with E-state index in [1.54, 1.807) is 59.1 Å². The number of hydrogen-bond donors (Lipinski definition) is 2. The molecule has 10 nitrogen and oxygen atoms in total. The Morgan fingerprint density at radius 2 is 1.64 bits per heavy atom. The van der Waals surface area contributed by atoms with Crippen LogP contribution in [0.2, 0.25) is 0 Å². The Bertz CT molecular complexity index is 848. The Morgan fingerprint density at radius 1 is 1.00 bits per heavy atom. The van der Waals surface area contributed by atoms with Crippen molar-refractivity contribution in [2.75, 3.05) is 19.5 Å². The molecule has 0 aliphatic carbocycles. The molecular weight excluding hydrogens is 364 g/mol. The number of benzene rings is 1. The molecule has 0 atom stereocenters. The normalized spacial score (nSPS) is 10.8. The summed E-state index contributed by atoms with van der Waals surface area (Å²) >= 11 is 0. The average Bonchev–Trinajstić information content (AvgIpc) is 2.64. The van der Waals surface area contributed by atoms with Gasteiger partial charge in [0.1, 0.15) is 11.6 Å². The van der Waals surface area contributed by atoms with Crippen molar-refractivity contribution in [3.8, 4) is 11.8 Å². The van der Waals surface area contributed by atoms with Gasteiger partial charge >= 0.3 is 12.0 Å². The van der Waals surface area contributed by atoms with Gasteiger partial charge in [-0.25, -0.2) is 9.80 Å². The van der Waals surface area contributed by atoms with Crippen molar-refractivity contribution >= 4 is 17.9 Å². The molecule has 0 saturated heterocycles. The molecule has 2 rings (SSSR count). The third-order valence-corrected chi connectivity index (χ3v) is 3.57. The Hall–Kier alpha value is -3.43. The highest BCUT2D eigenvalue weighted by molar-refractivity contribution is 5.97. The molecule has 1 aromatic heterocycles. The zero-order valence-corrected chi connectivity index (χ0v) is 16.7. The lowest BCUT2D eigenvalue weighted by atomic mass is 10.1. The highest BCUT2D eigenvalue weighted by Crippen LogP contribution is 2.16. The van der Waals surface area contributed by atoms with Crippen LogP contribution in [0.4, 0.5) is 10.7 Å². The number of hydrogen-bond acceptors (Lipinski definition) is 7. The molecule has 0 aliphatic rings. The van der Waals surface area contributed by atoms with Gasteiger partial charge in [0.2, 0.25) is 5.95 Å². The van der Waals surface area contributed by atoms with Crippen LogP contribution < -0.4 is 20.2 Å². The first-order chi connectivity index (χ1) is 13.1. The number of urea groups is 1. The fraction of sp³-hybridized carbons (Fsp3) is 0.389. The van der Waals surface area contributed by atoms with Crippen molar-refractivity contribution in [3.63, 3.8) is 0 Å². The van der Waals surface area contributed by atoms with Gasteiger partial charge in [0, 0.05) is 5.56 Å². The van der Waals surface area contributed by atoms with Crippen LogP contribution in [0.25, 0.3) is 0 Å². The van der Waals surface area contributed by atoms with Crippen LogP contribution in [-0.4, -0.2) is 51.7 Å². The van der Waals surface area contributed by atoms with E-state index in [1.807, 2.05) is 0 Å². The number of aromatic nitrogens is 3. The predicted octanol–water partition coefficient (Wildman–Crippen LogP) is 2.17. The van der Waals surface area contributed by atoms with Crippen LogP contribution in [0.15, 0.2) is 24.3 Å². The molecule has 28 heavy (non-hydrogen) atoms. The highest BCUT2D eigenvalue weighted by atomic mass is 16.5. The number of carbonyl (C=O) groups is 2. The van der Waals surface area contributed by atoms with Crippen molar-refractivity contribution in [1.82, 2.24) is 25.4 Å². The van der Waals surface area contributed by atoms with Crippen LogP contribution >= 0.6 is 0 Å². The molecule has 0 bridgehead atoms. The molecule has 2 aromatic rings. The standard InChI is InChI=1S/C18H24N6O4/c1-11-19-15(21-16(20-11)28-6)22-17(26)24(18(2,3)4)23-14(25)12-7-9-13(27-5)10-8-12/h7-10H,1-6H3,(H,23,25)(H,19,20,21,22,26). The molecule has 3 amide bonds. The number of ether oxygens (including phenoxy) is 2. The SMILES string of the molecule is COc1ccc(C(=O)NN(C(=O)Nc2nc(C)nc(OC)n2)C(C)(C)C)cc1. The number of carbonyl (C=O) groups excluding carboxylic acids is 2. The topological polar surface area (TPSA) is 119 Å². The first-order valence-corrected chi connectivity index (χ1v) is 8.47. The van der Waals surface area contributed by atoms with Crippen LogP contribution in [0.5, 0.6) is 11.8 Å². The van der Waals surface area contributed by atoms with E-state index >= 15 is 0 Å². The molecule has 1 heterocycles. The number of nitrogens with one attached hydrogen (secondary N) is 2. The maximum atomic E-state index is 12.8. The lowest BCUT2D eigenvalue weighted by Crippen LogP contribution is -2.57. The van der Waals surface area contributed by atoms with Gasteiger partial charge in [-0.15, -0.1) is 0 Å². The van der Waals surface area contributed by atoms with E-state index in [0.717, 1.165) is 0 Å². The number of anilines is 1. The van der Waals surface area contributed by atoms with Crippen molar-refractivity contribution in [3.05, 3.63) is 35.7 Å². The Morgan fingerprint density at radius 3 is 2.18 bits per heavy atom. The van der Waals surface area contributed by atoms with Gasteiger partial charge in [0.25, 0.3) is 5.91 Å². The third kappa shape index (κ3) is 5.29. The molecule has 0 aliphatic heterocycles. The monoisotopic (exact) mass is 388 g/mol. The Kier molecular flexibility index (Phi) is 6.34. The number of rotatable bonds is 4. The molecule has 10 heteroatoms. The second kappa shape index (κ2) is 8.51. The van der Waals surface area contributed by atoms with Gasteiger partial charge in [0.05, 0.1) is 19.8 Å². The summed E-state index contributed by atoms with van der Waals surface area (Å²) in [5.41, 5.74) is 2.26. The minimum absolute atomic E-state index is 0.0160. The minimum Gasteiger partial charge on any atom is -0.497 e. The van der Waals surface area contributed by atoms with E-state index in [-0.39, 0.29) is 12.0 Å². The number of amides is 3. The van der Waals surface area contributed by atoms with E-state index < -0.39 is 17.5 Å². The number of hydrazine groups is 1. The molecule has 0 fully saturated rings. The van der Waals surface area contributed by atoms with Gasteiger partial charge in [-0.2, -0.15) is 15.0 Å². The van der Waals surface area contributed by atoms with Gasteiger partial charge in [-0.3, -0.25) is 15.5 Å². The number of aryl methyl sites for hydroxylation is 1. The lowest BCUT2D eigenvalue weighted by Gasteiger charge is -2.35. The summed E-state index contributed by atoms with van der Waals surface area (Å²) < 4.78 is 10.1. The predicted molar refractivity (Wildman–Crippen MR) is 102 cm³/mol. The summed E-state index contributed by atoms with van der Waals surface area (Å²) in [5.74, 6) is 0.576. The molecule has 0 saturated carbocycles. The largest absolute Gasteiger partial charge is 0.497 e. The van der Waals surface area contributed by atoms with E-state index in [0.29, 0.717) is 17.1 Å². The maximum absolute atomic E-state index is 12.8.